The van der Waals surface area contributed by atoms with Crippen LogP contribution in [-0.2, 0) is 9.53 Å². The monoisotopic (exact) mass is 393 g/mol. The molecule has 1 aliphatic rings. The predicted molar refractivity (Wildman–Crippen MR) is 112 cm³/mol. The molecule has 1 atom stereocenters. The summed E-state index contributed by atoms with van der Waals surface area (Å²) in [5.41, 5.74) is 9.52. The van der Waals surface area contributed by atoms with Gasteiger partial charge in [-0.3, -0.25) is 4.79 Å². The zero-order valence-corrected chi connectivity index (χ0v) is 16.1. The number of imidazole rings is 1. The third kappa shape index (κ3) is 3.69. The van der Waals surface area contributed by atoms with E-state index < -0.39 is 5.97 Å². The Hall–Kier alpha value is -3.68. The molecule has 8 heteroatoms. The minimum absolute atomic E-state index is 0.0182. The first-order valence-electron chi connectivity index (χ1n) is 9.47. The van der Waals surface area contributed by atoms with Crippen molar-refractivity contribution in [3.05, 3.63) is 60.1 Å². The molecule has 2 heterocycles. The van der Waals surface area contributed by atoms with Crippen LogP contribution in [-0.4, -0.2) is 40.4 Å². The van der Waals surface area contributed by atoms with E-state index in [0.717, 1.165) is 28.8 Å². The second kappa shape index (κ2) is 7.75. The number of nitrogens with one attached hydrogen (secondary N) is 2. The maximum atomic E-state index is 12.4. The fraction of sp³-hybridized carbons (Fsp3) is 0.238. The number of para-hydroxylation sites is 4. The zero-order chi connectivity index (χ0) is 20.4. The molecule has 0 aliphatic carbocycles. The highest BCUT2D eigenvalue weighted by molar-refractivity contribution is 5.83. The highest BCUT2D eigenvalue weighted by Gasteiger charge is 2.29. The summed E-state index contributed by atoms with van der Waals surface area (Å²) in [5, 5.41) is 13.6. The van der Waals surface area contributed by atoms with Crippen molar-refractivity contribution in [1.29, 1.82) is 0 Å². The molecule has 29 heavy (non-hydrogen) atoms. The van der Waals surface area contributed by atoms with Crippen LogP contribution < -0.4 is 16.0 Å². The van der Waals surface area contributed by atoms with E-state index in [1.54, 1.807) is 0 Å². The number of carbonyl (C=O) groups excluding carboxylic acids is 1. The van der Waals surface area contributed by atoms with Crippen molar-refractivity contribution in [3.63, 3.8) is 0 Å². The second-order valence-corrected chi connectivity index (χ2v) is 6.84. The van der Waals surface area contributed by atoms with Crippen LogP contribution in [0.4, 0.5) is 11.4 Å². The van der Waals surface area contributed by atoms with E-state index in [9.17, 15) is 9.90 Å². The summed E-state index contributed by atoms with van der Waals surface area (Å²) in [4.78, 5) is 21.7. The molecule has 0 saturated heterocycles. The normalized spacial score (nSPS) is 16.3. The standard InChI is InChI=1S/C21H23N5O3/c1-2-18-23-15-9-5-6-10-16(15)26(18)11-19(28)29-12-17(27)20(22)21-24-13-7-3-4-8-14(13)25-21/h3-10,18,23,27H,2,11-12,22H2,1H3,(H,24,25). The van der Waals surface area contributed by atoms with Gasteiger partial charge >= 0.3 is 5.97 Å². The number of aliphatic hydroxyl groups is 1. The number of fused-ring (bicyclic) bond motifs is 2. The lowest BCUT2D eigenvalue weighted by Gasteiger charge is -2.24. The number of hydrogen-bond acceptors (Lipinski definition) is 7. The van der Waals surface area contributed by atoms with Crippen molar-refractivity contribution in [2.45, 2.75) is 19.5 Å². The van der Waals surface area contributed by atoms with Crippen LogP contribution in [0.15, 0.2) is 54.3 Å². The number of rotatable bonds is 6. The fourth-order valence-electron chi connectivity index (χ4n) is 3.42. The summed E-state index contributed by atoms with van der Waals surface area (Å²) in [6.07, 6.45) is 0.844. The molecule has 5 N–H and O–H groups in total. The SMILES string of the molecule is CCC1Nc2ccccc2N1CC(=O)OCC(O)=C(N)c1nc2ccccc2[nH]1. The van der Waals surface area contributed by atoms with E-state index in [-0.39, 0.29) is 30.8 Å². The number of ether oxygens (including phenoxy) is 1. The molecule has 2 aromatic carbocycles. The molecule has 3 aromatic rings. The van der Waals surface area contributed by atoms with Crippen LogP contribution in [0.25, 0.3) is 16.7 Å². The number of hydrogen-bond donors (Lipinski definition) is 4. The highest BCUT2D eigenvalue weighted by Crippen LogP contribution is 2.34. The van der Waals surface area contributed by atoms with Crippen molar-refractivity contribution in [1.82, 2.24) is 9.97 Å². The molecule has 0 saturated carbocycles. The minimum Gasteiger partial charge on any atom is -0.507 e. The van der Waals surface area contributed by atoms with Crippen LogP contribution in [0.3, 0.4) is 0 Å². The Labute approximate surface area is 168 Å². The maximum absolute atomic E-state index is 12.4. The van der Waals surface area contributed by atoms with Gasteiger partial charge in [0.1, 0.15) is 12.2 Å². The Balaban J connectivity index is 1.41. The number of aliphatic hydroxyl groups excluding tert-OH is 1. The third-order valence-corrected chi connectivity index (χ3v) is 4.92. The summed E-state index contributed by atoms with van der Waals surface area (Å²) >= 11 is 0. The molecule has 0 amide bonds. The summed E-state index contributed by atoms with van der Waals surface area (Å²) in [6.45, 7) is 1.80. The molecule has 4 rings (SSSR count). The van der Waals surface area contributed by atoms with Gasteiger partial charge in [0.25, 0.3) is 0 Å². The summed E-state index contributed by atoms with van der Waals surface area (Å²) < 4.78 is 5.25. The largest absolute Gasteiger partial charge is 0.507 e. The number of esters is 1. The number of nitrogens with zero attached hydrogens (tertiary/aromatic N) is 2. The molecule has 150 valence electrons. The van der Waals surface area contributed by atoms with Gasteiger partial charge in [-0.15, -0.1) is 0 Å². The number of nitrogens with two attached hydrogens (primary N) is 1. The van der Waals surface area contributed by atoms with Crippen LogP contribution in [0.5, 0.6) is 0 Å². The molecule has 1 aliphatic heterocycles. The van der Waals surface area contributed by atoms with Gasteiger partial charge in [-0.25, -0.2) is 4.98 Å². The molecule has 8 nitrogen and oxygen atoms in total. The Kier molecular flexibility index (Phi) is 4.99. The van der Waals surface area contributed by atoms with Gasteiger partial charge < -0.3 is 30.8 Å². The number of anilines is 2. The lowest BCUT2D eigenvalue weighted by molar-refractivity contribution is -0.141. The first-order chi connectivity index (χ1) is 14.1. The molecular weight excluding hydrogens is 370 g/mol. The van der Waals surface area contributed by atoms with E-state index in [0.29, 0.717) is 5.82 Å². The van der Waals surface area contributed by atoms with Gasteiger partial charge in [-0.2, -0.15) is 0 Å². The van der Waals surface area contributed by atoms with E-state index in [1.807, 2.05) is 60.4 Å². The van der Waals surface area contributed by atoms with E-state index >= 15 is 0 Å². The molecular formula is C21H23N5O3. The van der Waals surface area contributed by atoms with Gasteiger partial charge in [0.05, 0.1) is 28.6 Å². The van der Waals surface area contributed by atoms with E-state index in [4.69, 9.17) is 10.5 Å². The van der Waals surface area contributed by atoms with Gasteiger partial charge in [0, 0.05) is 0 Å². The second-order valence-electron chi connectivity index (χ2n) is 6.84. The topological polar surface area (TPSA) is 116 Å². The lowest BCUT2D eigenvalue weighted by atomic mass is 10.2. The molecule has 1 aromatic heterocycles. The number of aromatic amines is 1. The highest BCUT2D eigenvalue weighted by atomic mass is 16.5. The van der Waals surface area contributed by atoms with Gasteiger partial charge in [0.2, 0.25) is 0 Å². The van der Waals surface area contributed by atoms with Crippen molar-refractivity contribution < 1.29 is 14.6 Å². The Morgan fingerprint density at radius 1 is 1.24 bits per heavy atom. The average molecular weight is 393 g/mol. The summed E-state index contributed by atoms with van der Waals surface area (Å²) in [6, 6.07) is 15.3. The fourth-order valence-corrected chi connectivity index (χ4v) is 3.42. The number of carbonyl (C=O) groups is 1. The predicted octanol–water partition coefficient (Wildman–Crippen LogP) is 2.96. The molecule has 0 bridgehead atoms. The Morgan fingerprint density at radius 2 is 2.00 bits per heavy atom. The van der Waals surface area contributed by atoms with Gasteiger partial charge in [0.15, 0.2) is 18.2 Å². The van der Waals surface area contributed by atoms with Crippen molar-refractivity contribution in [2.24, 2.45) is 5.73 Å². The maximum Gasteiger partial charge on any atom is 0.326 e. The number of aromatic nitrogens is 2. The molecule has 0 radical (unpaired) electrons. The summed E-state index contributed by atoms with van der Waals surface area (Å²) in [5.74, 6) is -0.362. The number of benzene rings is 2. The minimum atomic E-state index is -0.453. The first-order valence-corrected chi connectivity index (χ1v) is 9.47. The van der Waals surface area contributed by atoms with Crippen LogP contribution in [0.2, 0.25) is 0 Å². The number of H-pyrrole nitrogens is 1. The molecule has 1 unspecified atom stereocenters. The Bertz CT molecular complexity index is 1040. The van der Waals surface area contributed by atoms with Crippen LogP contribution >= 0.6 is 0 Å². The lowest BCUT2D eigenvalue weighted by Crippen LogP contribution is -2.39. The van der Waals surface area contributed by atoms with E-state index in [1.165, 1.54) is 0 Å². The summed E-state index contributed by atoms with van der Waals surface area (Å²) in [7, 11) is 0. The van der Waals surface area contributed by atoms with Gasteiger partial charge in [-0.05, 0) is 30.7 Å². The smallest absolute Gasteiger partial charge is 0.326 e. The van der Waals surface area contributed by atoms with Gasteiger partial charge in [-0.1, -0.05) is 31.2 Å². The first kappa shape index (κ1) is 18.7. The van der Waals surface area contributed by atoms with Crippen molar-refractivity contribution >= 4 is 34.1 Å². The molecule has 0 fully saturated rings. The van der Waals surface area contributed by atoms with E-state index in [2.05, 4.69) is 15.3 Å². The Morgan fingerprint density at radius 3 is 2.79 bits per heavy atom. The van der Waals surface area contributed by atoms with Crippen LogP contribution in [0, 0.1) is 0 Å². The average Bonchev–Trinajstić information content (AvgIpc) is 3.33. The zero-order valence-electron chi connectivity index (χ0n) is 16.1. The van der Waals surface area contributed by atoms with Crippen molar-refractivity contribution in [2.75, 3.05) is 23.4 Å². The molecule has 0 spiro atoms. The van der Waals surface area contributed by atoms with Crippen LogP contribution in [0.1, 0.15) is 19.2 Å². The quantitative estimate of drug-likeness (QED) is 0.376. The van der Waals surface area contributed by atoms with Crippen molar-refractivity contribution in [3.8, 4) is 0 Å². The third-order valence-electron chi connectivity index (χ3n) is 4.92.